The van der Waals surface area contributed by atoms with Crippen molar-refractivity contribution in [1.82, 2.24) is 14.5 Å². The Balaban J connectivity index is 1.22. The van der Waals surface area contributed by atoms with Gasteiger partial charge in [0, 0.05) is 47.0 Å². The van der Waals surface area contributed by atoms with Crippen molar-refractivity contribution >= 4 is 31.8 Å². The minimum absolute atomic E-state index is 0.636. The highest BCUT2D eigenvalue weighted by Gasteiger charge is 2.33. The molecule has 2 aromatic heterocycles. The Bertz CT molecular complexity index is 3020. The Hall–Kier alpha value is -7.52. The van der Waals surface area contributed by atoms with Crippen LogP contribution < -0.4 is 0 Å². The second-order valence-electron chi connectivity index (χ2n) is 14.1. The van der Waals surface area contributed by atoms with Crippen LogP contribution in [0.15, 0.2) is 238 Å². The van der Waals surface area contributed by atoms with Crippen LogP contribution in [0.5, 0.6) is 0 Å². The lowest BCUT2D eigenvalue weighted by Gasteiger charge is -2.42. The van der Waals surface area contributed by atoms with Crippen LogP contribution in [0.25, 0.3) is 61.4 Å². The number of para-hydroxylation sites is 2. The molecular formula is C53H36N4S. The van der Waals surface area contributed by atoms with Crippen LogP contribution in [0.1, 0.15) is 5.56 Å². The summed E-state index contributed by atoms with van der Waals surface area (Å²) in [6.45, 7) is 0. The predicted octanol–water partition coefficient (Wildman–Crippen LogP) is 13.8. The number of rotatable bonds is 8. The molecule has 58 heavy (non-hydrogen) atoms. The lowest BCUT2D eigenvalue weighted by molar-refractivity contribution is 1.15. The van der Waals surface area contributed by atoms with Gasteiger partial charge in [-0.3, -0.25) is 0 Å². The van der Waals surface area contributed by atoms with Crippen molar-refractivity contribution in [3.8, 4) is 45.7 Å². The van der Waals surface area contributed by atoms with Gasteiger partial charge in [-0.2, -0.15) is 5.26 Å². The van der Waals surface area contributed by atoms with Gasteiger partial charge in [0.05, 0.1) is 39.7 Å². The number of aromatic nitrogens is 3. The summed E-state index contributed by atoms with van der Waals surface area (Å²) >= 11 is 0. The molecule has 0 amide bonds. The molecule has 8 aromatic carbocycles. The summed E-state index contributed by atoms with van der Waals surface area (Å²) in [6.07, 6.45) is 0. The van der Waals surface area contributed by atoms with Gasteiger partial charge in [0.2, 0.25) is 0 Å². The number of nitrogens with zero attached hydrogens (tertiary/aromatic N) is 4. The van der Waals surface area contributed by atoms with E-state index in [-0.39, 0.29) is 0 Å². The van der Waals surface area contributed by atoms with Crippen molar-refractivity contribution < 1.29 is 0 Å². The highest BCUT2D eigenvalue weighted by atomic mass is 32.3. The first-order valence-electron chi connectivity index (χ1n) is 19.3. The largest absolute Gasteiger partial charge is 0.309 e. The molecule has 0 aliphatic carbocycles. The van der Waals surface area contributed by atoms with Crippen LogP contribution in [0.4, 0.5) is 0 Å². The maximum absolute atomic E-state index is 9.79. The fraction of sp³-hybridized carbons (Fsp3) is 0. The van der Waals surface area contributed by atoms with E-state index in [0.29, 0.717) is 11.4 Å². The maximum Gasteiger partial charge on any atom is 0.160 e. The van der Waals surface area contributed by atoms with Gasteiger partial charge < -0.3 is 4.57 Å². The second kappa shape index (κ2) is 14.9. The number of nitriles is 1. The standard InChI is InChI=1S/C53H36N4S/c54-37-38-32-33-52-47(34-38)45-28-13-15-30-50(45)57(52)51-31-16-14-29-46(51)49-36-48(39-18-5-1-6-19-39)55-53(56-49)40-20-17-27-44(35-40)58(41-21-7-2-8-22-41,42-23-9-3-10-24-42)43-25-11-4-12-26-43/h1-36H. The van der Waals surface area contributed by atoms with Crippen molar-refractivity contribution in [3.05, 3.63) is 224 Å². The van der Waals surface area contributed by atoms with E-state index in [1.165, 1.54) is 19.6 Å². The molecule has 10 rings (SSSR count). The van der Waals surface area contributed by atoms with Crippen LogP contribution in [0.2, 0.25) is 0 Å². The van der Waals surface area contributed by atoms with E-state index in [0.717, 1.165) is 55.6 Å². The Labute approximate surface area is 339 Å². The quantitative estimate of drug-likeness (QED) is 0.155. The summed E-state index contributed by atoms with van der Waals surface area (Å²) in [5.74, 6) is 0.649. The molecule has 0 fully saturated rings. The SMILES string of the molecule is N#Cc1ccc2c(c1)c1ccccc1n2-c1ccccc1-c1cc(-c2ccccc2)nc(-c2cccc(S(c3ccccc3)(c3ccccc3)c3ccccc3)c2)n1. The first-order valence-corrected chi connectivity index (χ1v) is 20.9. The molecule has 0 saturated heterocycles. The van der Waals surface area contributed by atoms with Gasteiger partial charge in [-0.05, 0) is 84.9 Å². The van der Waals surface area contributed by atoms with E-state index >= 15 is 0 Å². The molecule has 0 aliphatic heterocycles. The van der Waals surface area contributed by atoms with Gasteiger partial charge in [0.1, 0.15) is 0 Å². The number of hydrogen-bond acceptors (Lipinski definition) is 3. The van der Waals surface area contributed by atoms with E-state index in [1.54, 1.807) is 0 Å². The molecule has 2 heterocycles. The van der Waals surface area contributed by atoms with Crippen molar-refractivity contribution in [1.29, 1.82) is 5.26 Å². The average Bonchev–Trinajstić information content (AvgIpc) is 3.64. The van der Waals surface area contributed by atoms with Gasteiger partial charge in [0.25, 0.3) is 0 Å². The molecule has 0 aliphatic rings. The predicted molar refractivity (Wildman–Crippen MR) is 237 cm³/mol. The monoisotopic (exact) mass is 760 g/mol. The maximum atomic E-state index is 9.79. The zero-order chi connectivity index (χ0) is 38.9. The summed E-state index contributed by atoms with van der Waals surface area (Å²) in [4.78, 5) is 15.7. The Morgan fingerprint density at radius 1 is 0.414 bits per heavy atom. The minimum atomic E-state index is -1.93. The lowest BCUT2D eigenvalue weighted by atomic mass is 10.0. The highest BCUT2D eigenvalue weighted by molar-refractivity contribution is 8.34. The molecule has 0 atom stereocenters. The van der Waals surface area contributed by atoms with Crippen LogP contribution in [0, 0.1) is 11.3 Å². The van der Waals surface area contributed by atoms with E-state index in [4.69, 9.17) is 9.97 Å². The van der Waals surface area contributed by atoms with Gasteiger partial charge in [-0.25, -0.2) is 9.97 Å². The van der Waals surface area contributed by atoms with Crippen molar-refractivity contribution in [2.45, 2.75) is 19.6 Å². The van der Waals surface area contributed by atoms with E-state index < -0.39 is 10.0 Å². The smallest absolute Gasteiger partial charge is 0.160 e. The van der Waals surface area contributed by atoms with Crippen LogP contribution in [0.3, 0.4) is 0 Å². The third-order valence-corrected chi connectivity index (χ3v) is 14.7. The summed E-state index contributed by atoms with van der Waals surface area (Å²) in [6, 6.07) is 79.1. The van der Waals surface area contributed by atoms with Crippen LogP contribution >= 0.6 is 10.0 Å². The molecule has 0 spiro atoms. The number of fused-ring (bicyclic) bond motifs is 3. The van der Waals surface area contributed by atoms with E-state index in [2.05, 4.69) is 211 Å². The fourth-order valence-corrected chi connectivity index (χ4v) is 12.1. The summed E-state index contributed by atoms with van der Waals surface area (Å²) in [5.41, 5.74) is 8.31. The molecule has 0 N–H and O–H groups in total. The Morgan fingerprint density at radius 3 is 1.62 bits per heavy atom. The third-order valence-electron chi connectivity index (χ3n) is 10.8. The molecule has 5 heteroatoms. The first-order chi connectivity index (χ1) is 28.7. The summed E-state index contributed by atoms with van der Waals surface area (Å²) in [7, 11) is -1.93. The highest BCUT2D eigenvalue weighted by Crippen LogP contribution is 2.73. The average molecular weight is 761 g/mol. The van der Waals surface area contributed by atoms with Crippen molar-refractivity contribution in [3.63, 3.8) is 0 Å². The molecule has 10 aromatic rings. The van der Waals surface area contributed by atoms with Crippen molar-refractivity contribution in [2.75, 3.05) is 0 Å². The zero-order valence-corrected chi connectivity index (χ0v) is 32.3. The van der Waals surface area contributed by atoms with E-state index in [9.17, 15) is 5.26 Å². The second-order valence-corrected chi connectivity index (χ2v) is 17.2. The Morgan fingerprint density at radius 2 is 0.948 bits per heavy atom. The minimum Gasteiger partial charge on any atom is -0.309 e. The van der Waals surface area contributed by atoms with Crippen LogP contribution in [-0.2, 0) is 0 Å². The zero-order valence-electron chi connectivity index (χ0n) is 31.5. The Kier molecular flexibility index (Phi) is 8.95. The third kappa shape index (κ3) is 5.95. The molecular weight excluding hydrogens is 725 g/mol. The van der Waals surface area contributed by atoms with Crippen LogP contribution in [-0.4, -0.2) is 14.5 Å². The van der Waals surface area contributed by atoms with Gasteiger partial charge in [-0.15, -0.1) is 10.0 Å². The first kappa shape index (κ1) is 34.9. The topological polar surface area (TPSA) is 54.5 Å². The molecule has 274 valence electrons. The van der Waals surface area contributed by atoms with Crippen molar-refractivity contribution in [2.24, 2.45) is 0 Å². The van der Waals surface area contributed by atoms with Gasteiger partial charge in [0.15, 0.2) is 5.82 Å². The number of hydrogen-bond donors (Lipinski definition) is 0. The normalized spacial score (nSPS) is 11.7. The lowest BCUT2D eigenvalue weighted by Crippen LogP contribution is -2.05. The van der Waals surface area contributed by atoms with Gasteiger partial charge in [-0.1, -0.05) is 133 Å². The van der Waals surface area contributed by atoms with Gasteiger partial charge >= 0.3 is 0 Å². The molecule has 0 unspecified atom stereocenters. The molecule has 0 bridgehead atoms. The molecule has 0 saturated carbocycles. The summed E-state index contributed by atoms with van der Waals surface area (Å²) < 4.78 is 2.29. The van der Waals surface area contributed by atoms with E-state index in [1.807, 2.05) is 18.2 Å². The fourth-order valence-electron chi connectivity index (χ4n) is 8.17. The number of benzene rings is 8. The summed E-state index contributed by atoms with van der Waals surface area (Å²) in [5, 5.41) is 11.9. The molecule has 0 radical (unpaired) electrons. The molecule has 4 nitrogen and oxygen atoms in total.